The number of hydrogen-bond donors (Lipinski definition) is 3. The maximum Gasteiger partial charge on any atom is 0.304 e. The number of fused-ring (bicyclic) bond motifs is 5. The number of aryl methyl sites for hydroxylation is 1. The molecule has 3 N–H and O–H groups in total. The standard InChI is InChI=1S/C28H33N3O4/c32-26(33)18-21(16-20-10-4-3-5-11-20)27(34)30-24-17-22-19-31(25-13-7-6-12-23(22)25)15-9-2-1-8-14-29-28(24)35/h3-7,10-13,19,21,24H,1-2,8-9,14-18H2,(H,29,35)(H,30,34)(H,32,33)/t21-,24?/m1/s1. The van der Waals surface area contributed by atoms with Crippen molar-refractivity contribution in [3.63, 3.8) is 0 Å². The van der Waals surface area contributed by atoms with Gasteiger partial charge in [0.15, 0.2) is 0 Å². The van der Waals surface area contributed by atoms with Crippen LogP contribution in [0.15, 0.2) is 60.8 Å². The molecule has 2 atom stereocenters. The van der Waals surface area contributed by atoms with Gasteiger partial charge in [0.05, 0.1) is 12.3 Å². The van der Waals surface area contributed by atoms with Crippen molar-refractivity contribution in [1.29, 1.82) is 0 Å². The second-order valence-corrected chi connectivity index (χ2v) is 9.32. The van der Waals surface area contributed by atoms with Gasteiger partial charge in [-0.05, 0) is 36.5 Å². The van der Waals surface area contributed by atoms with Gasteiger partial charge in [-0.1, -0.05) is 61.4 Å². The Balaban J connectivity index is 1.60. The van der Waals surface area contributed by atoms with Gasteiger partial charge in [-0.25, -0.2) is 0 Å². The lowest BCUT2D eigenvalue weighted by molar-refractivity contribution is -0.141. The molecule has 7 heteroatoms. The van der Waals surface area contributed by atoms with E-state index in [0.717, 1.165) is 54.3 Å². The molecule has 3 aromatic rings. The van der Waals surface area contributed by atoms with Crippen molar-refractivity contribution in [2.24, 2.45) is 5.92 Å². The highest BCUT2D eigenvalue weighted by Gasteiger charge is 2.28. The largest absolute Gasteiger partial charge is 0.481 e. The Morgan fingerprint density at radius 3 is 2.57 bits per heavy atom. The molecule has 0 radical (unpaired) electrons. The minimum Gasteiger partial charge on any atom is -0.481 e. The van der Waals surface area contributed by atoms with E-state index >= 15 is 0 Å². The van der Waals surface area contributed by atoms with Gasteiger partial charge in [-0.15, -0.1) is 0 Å². The SMILES string of the molecule is O=C(O)C[C@@H](Cc1ccccc1)C(=O)NC1Cc2cn(c3ccccc23)CCCCCCNC1=O. The number of aliphatic carboxylic acids is 1. The number of carbonyl (C=O) groups excluding carboxylic acids is 2. The van der Waals surface area contributed by atoms with Crippen LogP contribution in [0.1, 0.15) is 43.2 Å². The van der Waals surface area contributed by atoms with Crippen LogP contribution in [-0.4, -0.2) is 40.0 Å². The van der Waals surface area contributed by atoms with Gasteiger partial charge in [-0.3, -0.25) is 14.4 Å². The molecule has 2 bridgehead atoms. The minimum atomic E-state index is -1.04. The quantitative estimate of drug-likeness (QED) is 0.506. The van der Waals surface area contributed by atoms with Crippen LogP contribution in [0.5, 0.6) is 0 Å². The summed E-state index contributed by atoms with van der Waals surface area (Å²) in [7, 11) is 0. The van der Waals surface area contributed by atoms with E-state index in [0.29, 0.717) is 19.4 Å². The summed E-state index contributed by atoms with van der Waals surface area (Å²) < 4.78 is 2.24. The van der Waals surface area contributed by atoms with Crippen molar-refractivity contribution in [2.45, 2.75) is 57.5 Å². The number of carboxylic acids is 1. The van der Waals surface area contributed by atoms with E-state index in [9.17, 15) is 19.5 Å². The Morgan fingerprint density at radius 2 is 1.77 bits per heavy atom. The summed E-state index contributed by atoms with van der Waals surface area (Å²) in [6, 6.07) is 16.7. The highest BCUT2D eigenvalue weighted by molar-refractivity contribution is 5.91. The van der Waals surface area contributed by atoms with E-state index in [1.165, 1.54) is 0 Å². The number of rotatable bonds is 6. The molecule has 0 saturated carbocycles. The van der Waals surface area contributed by atoms with Crippen LogP contribution in [0.4, 0.5) is 0 Å². The van der Waals surface area contributed by atoms with E-state index < -0.39 is 23.8 Å². The Labute approximate surface area is 205 Å². The third-order valence-corrected chi connectivity index (χ3v) is 6.67. The van der Waals surface area contributed by atoms with Crippen molar-refractivity contribution < 1.29 is 19.5 Å². The van der Waals surface area contributed by atoms with E-state index in [-0.39, 0.29) is 12.3 Å². The molecule has 1 aliphatic rings. The molecule has 0 spiro atoms. The molecule has 1 aromatic heterocycles. The molecule has 1 aliphatic heterocycles. The number of para-hydroxylation sites is 1. The summed E-state index contributed by atoms with van der Waals surface area (Å²) in [5.41, 5.74) is 3.01. The van der Waals surface area contributed by atoms with Crippen LogP contribution in [0, 0.1) is 5.92 Å². The van der Waals surface area contributed by atoms with E-state index in [1.54, 1.807) is 0 Å². The predicted molar refractivity (Wildman–Crippen MR) is 135 cm³/mol. The monoisotopic (exact) mass is 475 g/mol. The second-order valence-electron chi connectivity index (χ2n) is 9.32. The molecule has 4 rings (SSSR count). The van der Waals surface area contributed by atoms with Crippen molar-refractivity contribution in [3.8, 4) is 0 Å². The maximum absolute atomic E-state index is 13.3. The number of aromatic nitrogens is 1. The summed E-state index contributed by atoms with van der Waals surface area (Å²) in [6.07, 6.45) is 6.52. The molecule has 1 unspecified atom stereocenters. The van der Waals surface area contributed by atoms with Crippen molar-refractivity contribution in [2.75, 3.05) is 6.54 Å². The molecule has 35 heavy (non-hydrogen) atoms. The van der Waals surface area contributed by atoms with Crippen molar-refractivity contribution >= 4 is 28.7 Å². The second kappa shape index (κ2) is 11.7. The molecular weight excluding hydrogens is 442 g/mol. The lowest BCUT2D eigenvalue weighted by Gasteiger charge is -2.22. The van der Waals surface area contributed by atoms with E-state index in [2.05, 4.69) is 27.5 Å². The summed E-state index contributed by atoms with van der Waals surface area (Å²) in [5.74, 6) is -2.45. The number of carboxylic acid groups (broad SMARTS) is 1. The number of carbonyl (C=O) groups is 3. The first-order valence-corrected chi connectivity index (χ1v) is 12.4. The summed E-state index contributed by atoms with van der Waals surface area (Å²) in [5, 5.41) is 16.4. The highest BCUT2D eigenvalue weighted by Crippen LogP contribution is 2.24. The highest BCUT2D eigenvalue weighted by atomic mass is 16.4. The van der Waals surface area contributed by atoms with Crippen LogP contribution in [0.3, 0.4) is 0 Å². The fourth-order valence-electron chi connectivity index (χ4n) is 4.85. The Morgan fingerprint density at radius 1 is 1.03 bits per heavy atom. The topological polar surface area (TPSA) is 100 Å². The third-order valence-electron chi connectivity index (χ3n) is 6.67. The minimum absolute atomic E-state index is 0.233. The Bertz CT molecular complexity index is 1170. The number of nitrogens with zero attached hydrogens (tertiary/aromatic N) is 1. The lowest BCUT2D eigenvalue weighted by atomic mass is 9.94. The fourth-order valence-corrected chi connectivity index (χ4v) is 4.85. The number of nitrogens with one attached hydrogen (secondary N) is 2. The maximum atomic E-state index is 13.3. The zero-order valence-electron chi connectivity index (χ0n) is 19.9. The normalized spacial score (nSPS) is 17.9. The molecule has 0 fully saturated rings. The van der Waals surface area contributed by atoms with Gasteiger partial charge in [-0.2, -0.15) is 0 Å². The van der Waals surface area contributed by atoms with Crippen molar-refractivity contribution in [1.82, 2.24) is 15.2 Å². The van der Waals surface area contributed by atoms with Crippen LogP contribution < -0.4 is 10.6 Å². The average molecular weight is 476 g/mol. The fraction of sp³-hybridized carbons (Fsp3) is 0.393. The zero-order valence-corrected chi connectivity index (χ0v) is 19.9. The van der Waals surface area contributed by atoms with E-state index in [4.69, 9.17) is 0 Å². The average Bonchev–Trinajstić information content (AvgIpc) is 3.20. The molecule has 184 valence electrons. The molecule has 2 amide bonds. The molecule has 2 heterocycles. The van der Waals surface area contributed by atoms with E-state index in [1.807, 2.05) is 48.5 Å². The first kappa shape index (κ1) is 24.5. The molecule has 0 saturated heterocycles. The van der Waals surface area contributed by atoms with Crippen LogP contribution in [-0.2, 0) is 33.8 Å². The Hall–Kier alpha value is -3.61. The van der Waals surface area contributed by atoms with Crippen LogP contribution >= 0.6 is 0 Å². The molecule has 0 aliphatic carbocycles. The van der Waals surface area contributed by atoms with Crippen LogP contribution in [0.25, 0.3) is 10.9 Å². The first-order valence-electron chi connectivity index (χ1n) is 12.4. The van der Waals surface area contributed by atoms with Gasteiger partial charge >= 0.3 is 5.97 Å². The van der Waals surface area contributed by atoms with Gasteiger partial charge in [0.2, 0.25) is 11.8 Å². The number of hydrogen-bond acceptors (Lipinski definition) is 3. The molecule has 7 nitrogen and oxygen atoms in total. The third kappa shape index (κ3) is 6.50. The van der Waals surface area contributed by atoms with Crippen LogP contribution in [0.2, 0.25) is 0 Å². The summed E-state index contributed by atoms with van der Waals surface area (Å²) >= 11 is 0. The smallest absolute Gasteiger partial charge is 0.304 e. The van der Waals surface area contributed by atoms with Gasteiger partial charge in [0.1, 0.15) is 6.04 Å². The van der Waals surface area contributed by atoms with Gasteiger partial charge < -0.3 is 20.3 Å². The predicted octanol–water partition coefficient (Wildman–Crippen LogP) is 3.69. The first-order chi connectivity index (χ1) is 17.0. The summed E-state index contributed by atoms with van der Waals surface area (Å²) in [4.78, 5) is 38.0. The summed E-state index contributed by atoms with van der Waals surface area (Å²) in [6.45, 7) is 1.48. The zero-order chi connectivity index (χ0) is 24.6. The van der Waals surface area contributed by atoms with Gasteiger partial charge in [0.25, 0.3) is 0 Å². The van der Waals surface area contributed by atoms with Gasteiger partial charge in [0, 0.05) is 36.6 Å². The number of amides is 2. The molecular formula is C28H33N3O4. The van der Waals surface area contributed by atoms with Crippen molar-refractivity contribution in [3.05, 3.63) is 71.9 Å². The molecule has 2 aromatic carbocycles. The lowest BCUT2D eigenvalue weighted by Crippen LogP contribution is -2.50. The Kier molecular flexibility index (Phi) is 8.19. The number of benzene rings is 2.